The monoisotopic (exact) mass is 846 g/mol. The van der Waals surface area contributed by atoms with Crippen LogP contribution in [-0.2, 0) is 6.54 Å². The van der Waals surface area contributed by atoms with Crippen molar-refractivity contribution in [2.24, 2.45) is 0 Å². The van der Waals surface area contributed by atoms with Crippen LogP contribution in [0.5, 0.6) is 11.5 Å². The third kappa shape index (κ3) is 8.41. The number of rotatable bonds is 20. The molecule has 2 heterocycles. The fourth-order valence-electron chi connectivity index (χ4n) is 9.77. The summed E-state index contributed by atoms with van der Waals surface area (Å²) in [6, 6.07) is 44.3. The molecule has 1 aromatic heterocycles. The Balaban J connectivity index is 1.22. The number of aromatic nitrogens is 1. The molecule has 9 rings (SSSR count). The zero-order valence-corrected chi connectivity index (χ0v) is 38.4. The normalized spacial score (nSPS) is 14.8. The summed E-state index contributed by atoms with van der Waals surface area (Å²) < 4.78 is 17.9. The second-order valence-electron chi connectivity index (χ2n) is 17.4. The number of hydrogen-bond acceptors (Lipinski definition) is 3. The summed E-state index contributed by atoms with van der Waals surface area (Å²) in [6.45, 7) is 12.4. The molecule has 0 N–H and O–H groups in total. The quantitative estimate of drug-likeness (QED) is 0.0565. The van der Waals surface area contributed by atoms with Crippen molar-refractivity contribution in [3.63, 3.8) is 0 Å². The molecule has 0 bridgehead atoms. The summed E-state index contributed by atoms with van der Waals surface area (Å²) in [6.07, 6.45) is 20.4. The third-order valence-electron chi connectivity index (χ3n) is 13.1. The molecule has 5 nitrogen and oxygen atoms in total. The van der Waals surface area contributed by atoms with Gasteiger partial charge in [0, 0.05) is 68.9 Å². The summed E-state index contributed by atoms with van der Waals surface area (Å²) in [5.74, 6) is 1.97. The second kappa shape index (κ2) is 20.0. The standard InChI is InChI=1S/C59H64N3O2/c1-5-9-39-60-51(47-25-19-27-49-55(63-41-11-7-3)37-35-53(60)57(47)49)33-31-43-29-30-44(59(43)62(45-21-15-13-16-22-45)46-23-17-14-18-24-46)32-34-52-48-26-20-28-50-56(64-42-12-8-4)38-36-54(58(48)50)61(52)40-10-6-2/h13-28,31-38H,5-12,29-30,39-42H2,1-4H3/q+1. The Bertz CT molecular complexity index is 2890. The van der Waals surface area contributed by atoms with Crippen molar-refractivity contribution in [3.05, 3.63) is 167 Å². The van der Waals surface area contributed by atoms with Crippen LogP contribution < -0.4 is 19.7 Å². The van der Waals surface area contributed by atoms with E-state index in [2.05, 4.69) is 187 Å². The molecule has 0 unspecified atom stereocenters. The number of aryl methyl sites for hydroxylation is 1. The molecule has 0 saturated carbocycles. The van der Waals surface area contributed by atoms with Crippen molar-refractivity contribution in [1.82, 2.24) is 4.57 Å². The van der Waals surface area contributed by atoms with Gasteiger partial charge in [-0.1, -0.05) is 132 Å². The highest BCUT2D eigenvalue weighted by Crippen LogP contribution is 2.44. The minimum Gasteiger partial charge on any atom is -0.493 e. The van der Waals surface area contributed by atoms with Crippen LogP contribution in [0.3, 0.4) is 0 Å². The van der Waals surface area contributed by atoms with Crippen LogP contribution in [0.1, 0.15) is 97.5 Å². The maximum absolute atomic E-state index is 6.39. The van der Waals surface area contributed by atoms with Gasteiger partial charge >= 0.3 is 0 Å². The van der Waals surface area contributed by atoms with E-state index in [0.29, 0.717) is 0 Å². The SMILES string of the molecule is CCCCOc1ccc2c3c(cccc13)C(/C=C/C1=C(N(c3ccccc3)c3ccccc3)C(=C/C=c3\c4cccc5c(OCCCC)ccc(c54)n3CCCC)/CC1)=[N+]2CCCC. The Morgan fingerprint density at radius 1 is 0.578 bits per heavy atom. The molecule has 64 heavy (non-hydrogen) atoms. The van der Waals surface area contributed by atoms with Crippen molar-refractivity contribution in [2.75, 3.05) is 24.7 Å². The van der Waals surface area contributed by atoms with Crippen molar-refractivity contribution in [1.29, 1.82) is 0 Å². The van der Waals surface area contributed by atoms with Crippen LogP contribution in [0.2, 0.25) is 0 Å². The van der Waals surface area contributed by atoms with E-state index < -0.39 is 0 Å². The average Bonchev–Trinajstić information content (AvgIpc) is 3.98. The van der Waals surface area contributed by atoms with E-state index in [-0.39, 0.29) is 0 Å². The maximum atomic E-state index is 6.39. The minimum absolute atomic E-state index is 0.738. The van der Waals surface area contributed by atoms with E-state index in [1.165, 1.54) is 71.6 Å². The predicted molar refractivity (Wildman–Crippen MR) is 271 cm³/mol. The van der Waals surface area contributed by atoms with Gasteiger partial charge in [-0.05, 0) is 97.9 Å². The lowest BCUT2D eigenvalue weighted by Crippen LogP contribution is -2.18. The number of unbranched alkanes of at least 4 members (excludes halogenated alkanes) is 4. The van der Waals surface area contributed by atoms with Crippen LogP contribution in [0, 0.1) is 0 Å². The molecule has 0 atom stereocenters. The molecule has 1 aliphatic heterocycles. The van der Waals surface area contributed by atoms with Crippen molar-refractivity contribution in [2.45, 2.75) is 98.4 Å². The van der Waals surface area contributed by atoms with Crippen molar-refractivity contribution < 1.29 is 14.0 Å². The van der Waals surface area contributed by atoms with Gasteiger partial charge in [-0.15, -0.1) is 0 Å². The van der Waals surface area contributed by atoms with Gasteiger partial charge in [-0.3, -0.25) is 0 Å². The predicted octanol–water partition coefficient (Wildman–Crippen LogP) is 14.9. The van der Waals surface area contributed by atoms with E-state index >= 15 is 0 Å². The molecule has 0 saturated heterocycles. The Hall–Kier alpha value is -6.33. The fraction of sp³-hybridized carbons (Fsp3) is 0.305. The lowest BCUT2D eigenvalue weighted by atomic mass is 10.0. The molecule has 0 fully saturated rings. The van der Waals surface area contributed by atoms with Crippen LogP contribution in [0.25, 0.3) is 38.5 Å². The molecular weight excluding hydrogens is 783 g/mol. The van der Waals surface area contributed by atoms with E-state index in [4.69, 9.17) is 9.47 Å². The smallest absolute Gasteiger partial charge is 0.214 e. The van der Waals surface area contributed by atoms with Crippen LogP contribution in [0.4, 0.5) is 17.1 Å². The first-order valence-electron chi connectivity index (χ1n) is 24.2. The Morgan fingerprint density at radius 2 is 1.20 bits per heavy atom. The first-order valence-corrected chi connectivity index (χ1v) is 24.2. The average molecular weight is 847 g/mol. The number of allylic oxidation sites excluding steroid dienone is 5. The van der Waals surface area contributed by atoms with E-state index in [9.17, 15) is 0 Å². The van der Waals surface area contributed by atoms with Crippen molar-refractivity contribution >= 4 is 61.3 Å². The Labute approximate surface area is 380 Å². The number of ether oxygens (including phenoxy) is 2. The third-order valence-corrected chi connectivity index (χ3v) is 13.1. The van der Waals surface area contributed by atoms with Gasteiger partial charge in [0.25, 0.3) is 0 Å². The van der Waals surface area contributed by atoms with Gasteiger partial charge < -0.3 is 18.9 Å². The molecule has 6 aromatic carbocycles. The second-order valence-corrected chi connectivity index (χ2v) is 17.4. The minimum atomic E-state index is 0.738. The number of benzene rings is 6. The van der Waals surface area contributed by atoms with E-state index in [0.717, 1.165) is 113 Å². The summed E-state index contributed by atoms with van der Waals surface area (Å²) in [5, 5.41) is 7.55. The van der Waals surface area contributed by atoms with Gasteiger partial charge in [-0.25, -0.2) is 0 Å². The first kappa shape index (κ1) is 42.9. The van der Waals surface area contributed by atoms with Crippen LogP contribution in [0.15, 0.2) is 156 Å². The van der Waals surface area contributed by atoms with Crippen LogP contribution in [-0.4, -0.2) is 34.6 Å². The van der Waals surface area contributed by atoms with E-state index in [1.54, 1.807) is 0 Å². The molecule has 0 amide bonds. The molecule has 1 aliphatic carbocycles. The Morgan fingerprint density at radius 3 is 1.88 bits per heavy atom. The number of hydrogen-bond donors (Lipinski definition) is 0. The molecule has 0 radical (unpaired) electrons. The molecule has 0 spiro atoms. The van der Waals surface area contributed by atoms with Gasteiger partial charge in [0.1, 0.15) is 18.0 Å². The van der Waals surface area contributed by atoms with Crippen molar-refractivity contribution in [3.8, 4) is 11.5 Å². The molecule has 2 aliphatic rings. The van der Waals surface area contributed by atoms with Gasteiger partial charge in [-0.2, -0.15) is 4.58 Å². The van der Waals surface area contributed by atoms with Gasteiger partial charge in [0.05, 0.1) is 29.9 Å². The maximum Gasteiger partial charge on any atom is 0.214 e. The Kier molecular flexibility index (Phi) is 13.4. The highest BCUT2D eigenvalue weighted by molar-refractivity contribution is 6.20. The zero-order chi connectivity index (χ0) is 43.8. The lowest BCUT2D eigenvalue weighted by Gasteiger charge is -2.28. The highest BCUT2D eigenvalue weighted by Gasteiger charge is 2.32. The van der Waals surface area contributed by atoms with Gasteiger partial charge in [0.2, 0.25) is 11.4 Å². The number of anilines is 2. The first-order chi connectivity index (χ1) is 31.6. The number of nitrogens with zero attached hydrogens (tertiary/aromatic N) is 3. The van der Waals surface area contributed by atoms with Gasteiger partial charge in [0.15, 0.2) is 0 Å². The summed E-state index contributed by atoms with van der Waals surface area (Å²) in [5.41, 5.74) is 11.3. The largest absolute Gasteiger partial charge is 0.493 e. The topological polar surface area (TPSA) is 29.6 Å². The molecular formula is C59H64N3O2+. The highest BCUT2D eigenvalue weighted by atomic mass is 16.5. The summed E-state index contributed by atoms with van der Waals surface area (Å²) >= 11 is 0. The molecule has 7 aromatic rings. The number of para-hydroxylation sites is 2. The zero-order valence-electron chi connectivity index (χ0n) is 38.4. The molecule has 326 valence electrons. The summed E-state index contributed by atoms with van der Waals surface area (Å²) in [7, 11) is 0. The summed E-state index contributed by atoms with van der Waals surface area (Å²) in [4.78, 5) is 2.49. The van der Waals surface area contributed by atoms with E-state index in [1.807, 2.05) is 0 Å². The lowest BCUT2D eigenvalue weighted by molar-refractivity contribution is -0.436. The fourth-order valence-corrected chi connectivity index (χ4v) is 9.77. The molecule has 5 heteroatoms. The van der Waals surface area contributed by atoms with Crippen LogP contribution >= 0.6 is 0 Å².